The van der Waals surface area contributed by atoms with E-state index in [1.165, 1.54) is 9.80 Å². The minimum Gasteiger partial charge on any atom is -0.463 e. The van der Waals surface area contributed by atoms with Crippen LogP contribution in [0, 0.1) is 0 Å². The number of amides is 2. The molecule has 1 N–H and O–H groups in total. The van der Waals surface area contributed by atoms with E-state index in [1.54, 1.807) is 21.3 Å². The number of nitrogens with zero attached hydrogens (tertiary/aromatic N) is 2. The van der Waals surface area contributed by atoms with E-state index in [4.69, 9.17) is 37.9 Å². The molecule has 3 unspecified atom stereocenters. The highest BCUT2D eigenvalue weighted by Gasteiger charge is 2.44. The van der Waals surface area contributed by atoms with Gasteiger partial charge in [-0.15, -0.1) is 0 Å². The van der Waals surface area contributed by atoms with Crippen molar-refractivity contribution in [3.05, 3.63) is 0 Å². The lowest BCUT2D eigenvalue weighted by atomic mass is 10.0. The highest BCUT2D eigenvalue weighted by molar-refractivity contribution is 5.94. The van der Waals surface area contributed by atoms with Gasteiger partial charge in [-0.1, -0.05) is 0 Å². The second-order valence-corrected chi connectivity index (χ2v) is 12.1. The van der Waals surface area contributed by atoms with Crippen molar-refractivity contribution in [2.24, 2.45) is 0 Å². The summed E-state index contributed by atoms with van der Waals surface area (Å²) in [7, 11) is 4.73. The molecular weight excluding hydrogens is 648 g/mol. The number of hydrogen-bond acceptors (Lipinski definition) is 14. The predicted molar refractivity (Wildman–Crippen MR) is 173 cm³/mol. The summed E-state index contributed by atoms with van der Waals surface area (Å²) in [6.45, 7) is 3.11. The summed E-state index contributed by atoms with van der Waals surface area (Å²) in [5.74, 6) is -1.39. The van der Waals surface area contributed by atoms with Crippen molar-refractivity contribution in [1.82, 2.24) is 9.80 Å². The second-order valence-electron chi connectivity index (χ2n) is 12.1. The van der Waals surface area contributed by atoms with Crippen LogP contribution >= 0.6 is 0 Å². The van der Waals surface area contributed by atoms with E-state index < -0.39 is 29.8 Å². The first-order chi connectivity index (χ1) is 23.7. The molecule has 0 aromatic carbocycles. The molecule has 16 heteroatoms. The monoisotopic (exact) mass is 704 g/mol. The maximum Gasteiger partial charge on any atom is 0.305 e. The number of likely N-dealkylation sites (tertiary alicyclic amines) is 2. The van der Waals surface area contributed by atoms with Crippen LogP contribution in [0.4, 0.5) is 0 Å². The maximum absolute atomic E-state index is 13.4. The lowest BCUT2D eigenvalue weighted by Gasteiger charge is -2.33. The fourth-order valence-electron chi connectivity index (χ4n) is 5.71. The minimum absolute atomic E-state index is 0.00116. The molecule has 2 saturated heterocycles. The Hall–Kier alpha value is -2.57. The van der Waals surface area contributed by atoms with Crippen molar-refractivity contribution in [3.8, 4) is 0 Å². The highest BCUT2D eigenvalue weighted by atomic mass is 16.6. The maximum atomic E-state index is 13.4. The van der Waals surface area contributed by atoms with E-state index in [1.807, 2.05) is 0 Å². The summed E-state index contributed by atoms with van der Waals surface area (Å²) in [6.07, 6.45) is 1.35. The van der Waals surface area contributed by atoms with Gasteiger partial charge in [-0.2, -0.15) is 0 Å². The van der Waals surface area contributed by atoms with E-state index in [-0.39, 0.29) is 102 Å². The van der Waals surface area contributed by atoms with Crippen LogP contribution in [0.1, 0.15) is 51.4 Å². The molecule has 282 valence electrons. The Labute approximate surface area is 288 Å². The van der Waals surface area contributed by atoms with Crippen LogP contribution in [0.25, 0.3) is 0 Å². The van der Waals surface area contributed by atoms with Crippen LogP contribution in [0.3, 0.4) is 0 Å². The number of methoxy groups -OCH3 is 3. The number of β-amino-alcohol motifs (C(OH)–C–C–N with tert-alkyl or cyclic N) is 1. The number of aldehydes is 1. The zero-order valence-corrected chi connectivity index (χ0v) is 29.3. The molecule has 2 rings (SSSR count). The Balaban J connectivity index is 1.79. The lowest BCUT2D eigenvalue weighted by Crippen LogP contribution is -2.51. The Morgan fingerprint density at radius 3 is 2.00 bits per heavy atom. The SMILES string of the molecule is COCCOCC(COCCOC)(COCCOC(=O)CCCC(=O)N1CCCC1C(=O)N1CC(O)CC1C(=O)CCC=O)OCCOC. The summed E-state index contributed by atoms with van der Waals surface area (Å²) in [6, 6.07) is -1.54. The van der Waals surface area contributed by atoms with Gasteiger partial charge in [0.25, 0.3) is 0 Å². The van der Waals surface area contributed by atoms with Crippen LogP contribution in [-0.2, 0) is 61.9 Å². The Morgan fingerprint density at radius 1 is 0.776 bits per heavy atom. The van der Waals surface area contributed by atoms with Crippen molar-refractivity contribution < 1.29 is 67.0 Å². The number of rotatable bonds is 28. The Morgan fingerprint density at radius 2 is 1.39 bits per heavy atom. The molecule has 0 aromatic heterocycles. The molecule has 49 heavy (non-hydrogen) atoms. The fraction of sp³-hybridized carbons (Fsp3) is 0.848. The first-order valence-corrected chi connectivity index (χ1v) is 17.0. The predicted octanol–water partition coefficient (Wildman–Crippen LogP) is -0.0547. The fourth-order valence-corrected chi connectivity index (χ4v) is 5.71. The molecular formula is C33H56N2O14. The van der Waals surface area contributed by atoms with Gasteiger partial charge in [-0.05, 0) is 19.3 Å². The third kappa shape index (κ3) is 15.5. The Bertz CT molecular complexity index is 986. The molecule has 0 aromatic rings. The molecule has 0 aliphatic carbocycles. The molecule has 2 fully saturated rings. The number of carbonyl (C=O) groups is 5. The molecule has 0 saturated carbocycles. The standard InChI is InChI=1S/C33H56N2O14/c1-42-13-16-45-23-33(49-20-15-44-3,24-46-17-14-43-2)25-47-18-19-48-31(40)10-4-9-30(39)34-11-5-7-27(34)32(41)35-22-26(37)21-28(35)29(38)8-6-12-36/h12,26-28,37H,4-11,13-25H2,1-3H3. The summed E-state index contributed by atoms with van der Waals surface area (Å²) in [5, 5.41) is 10.2. The highest BCUT2D eigenvalue weighted by Crippen LogP contribution is 2.27. The summed E-state index contributed by atoms with van der Waals surface area (Å²) < 4.78 is 43.9. The van der Waals surface area contributed by atoms with Crippen LogP contribution < -0.4 is 0 Å². The van der Waals surface area contributed by atoms with Gasteiger partial charge in [0.2, 0.25) is 11.8 Å². The number of ketones is 1. The van der Waals surface area contributed by atoms with E-state index in [2.05, 4.69) is 0 Å². The number of aliphatic hydroxyl groups excluding tert-OH is 1. The van der Waals surface area contributed by atoms with Gasteiger partial charge in [-0.3, -0.25) is 19.2 Å². The van der Waals surface area contributed by atoms with Crippen molar-refractivity contribution in [3.63, 3.8) is 0 Å². The summed E-state index contributed by atoms with van der Waals surface area (Å²) in [5.41, 5.74) is -0.944. The first-order valence-electron chi connectivity index (χ1n) is 17.0. The molecule has 0 spiro atoms. The van der Waals surface area contributed by atoms with Crippen LogP contribution in [-0.4, -0.2) is 176 Å². The van der Waals surface area contributed by atoms with Crippen LogP contribution in [0.15, 0.2) is 0 Å². The second kappa shape index (κ2) is 24.6. The van der Waals surface area contributed by atoms with E-state index >= 15 is 0 Å². The largest absolute Gasteiger partial charge is 0.463 e. The average Bonchev–Trinajstić information content (AvgIpc) is 3.74. The number of aliphatic hydroxyl groups is 1. The lowest BCUT2D eigenvalue weighted by molar-refractivity contribution is -0.177. The molecule has 2 aliphatic rings. The normalized spacial score (nSPS) is 19.4. The van der Waals surface area contributed by atoms with Gasteiger partial charge in [-0.25, -0.2) is 0 Å². The quantitative estimate of drug-likeness (QED) is 0.0649. The zero-order chi connectivity index (χ0) is 35.9. The van der Waals surface area contributed by atoms with Crippen LogP contribution in [0.5, 0.6) is 0 Å². The van der Waals surface area contributed by atoms with Crippen molar-refractivity contribution >= 4 is 29.9 Å². The molecule has 0 bridgehead atoms. The van der Waals surface area contributed by atoms with Gasteiger partial charge >= 0.3 is 5.97 Å². The molecule has 3 atom stereocenters. The Kier molecular flexibility index (Phi) is 21.3. The molecule has 16 nitrogen and oxygen atoms in total. The van der Waals surface area contributed by atoms with Gasteiger partial charge in [0.05, 0.1) is 78.2 Å². The molecule has 0 radical (unpaired) electrons. The zero-order valence-electron chi connectivity index (χ0n) is 29.3. The smallest absolute Gasteiger partial charge is 0.305 e. The van der Waals surface area contributed by atoms with Crippen LogP contribution in [0.2, 0.25) is 0 Å². The molecule has 2 heterocycles. The summed E-state index contributed by atoms with van der Waals surface area (Å²) in [4.78, 5) is 65.0. The average molecular weight is 705 g/mol. The van der Waals surface area contributed by atoms with Gasteiger partial charge in [0.1, 0.15) is 24.5 Å². The minimum atomic E-state index is -0.944. The van der Waals surface area contributed by atoms with Gasteiger partial charge in [0.15, 0.2) is 5.78 Å². The van der Waals surface area contributed by atoms with Gasteiger partial charge in [0, 0.05) is 66.5 Å². The molecule has 2 amide bonds. The number of esters is 1. The van der Waals surface area contributed by atoms with E-state index in [9.17, 15) is 29.1 Å². The van der Waals surface area contributed by atoms with Gasteiger partial charge < -0.3 is 57.6 Å². The number of hydrogen-bond donors (Lipinski definition) is 1. The third-order valence-corrected chi connectivity index (χ3v) is 8.22. The first kappa shape index (κ1) is 42.6. The third-order valence-electron chi connectivity index (χ3n) is 8.22. The number of ether oxygens (including phenoxy) is 8. The number of carbonyl (C=O) groups excluding carboxylic acids is 5. The molecule has 2 aliphatic heterocycles. The van der Waals surface area contributed by atoms with E-state index in [0.29, 0.717) is 58.7 Å². The topological polar surface area (TPSA) is 186 Å². The number of Topliss-reactive ketones (excluding diaryl/α,β-unsaturated/α-hetero) is 1. The van der Waals surface area contributed by atoms with Crippen molar-refractivity contribution in [2.75, 3.05) is 107 Å². The van der Waals surface area contributed by atoms with Crippen molar-refractivity contribution in [1.29, 1.82) is 0 Å². The summed E-state index contributed by atoms with van der Waals surface area (Å²) >= 11 is 0. The van der Waals surface area contributed by atoms with Crippen molar-refractivity contribution in [2.45, 2.75) is 75.2 Å². The van der Waals surface area contributed by atoms with E-state index in [0.717, 1.165) is 0 Å².